The second-order valence-electron chi connectivity index (χ2n) is 5.12. The topological polar surface area (TPSA) is 74.3 Å². The maximum atomic E-state index is 12.4. The molecule has 122 valence electrons. The summed E-state index contributed by atoms with van der Waals surface area (Å²) < 4.78 is 0. The quantitative estimate of drug-likeness (QED) is 0.843. The van der Waals surface area contributed by atoms with E-state index in [1.807, 2.05) is 24.0 Å². The van der Waals surface area contributed by atoms with E-state index in [2.05, 4.69) is 15.6 Å². The van der Waals surface area contributed by atoms with Crippen molar-refractivity contribution in [3.05, 3.63) is 30.1 Å². The summed E-state index contributed by atoms with van der Waals surface area (Å²) in [6.07, 6.45) is 4.75. The lowest BCUT2D eigenvalue weighted by molar-refractivity contribution is -0.135. The predicted molar refractivity (Wildman–Crippen MR) is 86.7 cm³/mol. The molecular weight excluding hydrogens is 304 g/mol. The maximum Gasteiger partial charge on any atom is 0.242 e. The zero-order valence-electron chi connectivity index (χ0n) is 12.7. The first kappa shape index (κ1) is 18.4. The van der Waals surface area contributed by atoms with Gasteiger partial charge in [-0.05, 0) is 18.1 Å². The molecule has 7 heteroatoms. The van der Waals surface area contributed by atoms with Gasteiger partial charge in [0.25, 0.3) is 0 Å². The van der Waals surface area contributed by atoms with Crippen LogP contribution in [0, 0.1) is 0 Å². The molecule has 0 radical (unpaired) electrons. The molecule has 1 atom stereocenters. The number of amides is 2. The summed E-state index contributed by atoms with van der Waals surface area (Å²) in [5.41, 5.74) is 1.01. The standard InChI is InChI=1S/C15H22N4O2.ClH/c1-2-4-14(20)18-11-15(21)19-8-7-17-10-13(19)12-5-3-6-16-9-12;/h3,5-6,9,13,17H,2,4,7-8,10-11H2,1H3,(H,18,20);1H. The summed E-state index contributed by atoms with van der Waals surface area (Å²) in [6.45, 7) is 4.12. The van der Waals surface area contributed by atoms with Crippen LogP contribution in [0.4, 0.5) is 0 Å². The van der Waals surface area contributed by atoms with Gasteiger partial charge in [-0.25, -0.2) is 0 Å². The molecule has 1 aromatic heterocycles. The molecule has 0 spiro atoms. The Morgan fingerprint density at radius 3 is 3.00 bits per heavy atom. The Labute approximate surface area is 137 Å². The van der Waals surface area contributed by atoms with Crippen molar-refractivity contribution in [2.45, 2.75) is 25.8 Å². The van der Waals surface area contributed by atoms with Crippen LogP contribution in [0.25, 0.3) is 0 Å². The molecule has 2 N–H and O–H groups in total. The highest BCUT2D eigenvalue weighted by molar-refractivity contribution is 5.85. The zero-order chi connectivity index (χ0) is 15.1. The fourth-order valence-corrected chi connectivity index (χ4v) is 2.46. The van der Waals surface area contributed by atoms with E-state index >= 15 is 0 Å². The van der Waals surface area contributed by atoms with Gasteiger partial charge in [0.1, 0.15) is 0 Å². The van der Waals surface area contributed by atoms with Crippen LogP contribution >= 0.6 is 12.4 Å². The molecule has 6 nitrogen and oxygen atoms in total. The minimum atomic E-state index is -0.0705. The predicted octanol–water partition coefficient (Wildman–Crippen LogP) is 0.893. The van der Waals surface area contributed by atoms with Crippen LogP contribution in [0.2, 0.25) is 0 Å². The molecule has 1 fully saturated rings. The molecule has 0 aromatic carbocycles. The number of nitrogens with one attached hydrogen (secondary N) is 2. The third-order valence-electron chi connectivity index (χ3n) is 3.55. The van der Waals surface area contributed by atoms with E-state index in [1.165, 1.54) is 0 Å². The van der Waals surface area contributed by atoms with Gasteiger partial charge in [-0.1, -0.05) is 13.0 Å². The van der Waals surface area contributed by atoms with Crippen LogP contribution < -0.4 is 10.6 Å². The van der Waals surface area contributed by atoms with Crippen LogP contribution in [-0.2, 0) is 9.59 Å². The number of carbonyl (C=O) groups is 2. The molecule has 0 aliphatic carbocycles. The number of carbonyl (C=O) groups excluding carboxylic acids is 2. The van der Waals surface area contributed by atoms with Gasteiger partial charge in [0, 0.05) is 38.4 Å². The zero-order valence-corrected chi connectivity index (χ0v) is 13.6. The number of piperazine rings is 1. The number of aromatic nitrogens is 1. The van der Waals surface area contributed by atoms with E-state index < -0.39 is 0 Å². The maximum absolute atomic E-state index is 12.4. The highest BCUT2D eigenvalue weighted by Gasteiger charge is 2.27. The summed E-state index contributed by atoms with van der Waals surface area (Å²) >= 11 is 0. The van der Waals surface area contributed by atoms with Gasteiger partial charge in [0.15, 0.2) is 0 Å². The third kappa shape index (κ3) is 4.96. The second kappa shape index (κ2) is 9.38. The van der Waals surface area contributed by atoms with Gasteiger partial charge in [-0.15, -0.1) is 12.4 Å². The Bertz CT molecular complexity index is 484. The van der Waals surface area contributed by atoms with Gasteiger partial charge in [-0.2, -0.15) is 0 Å². The van der Waals surface area contributed by atoms with Crippen molar-refractivity contribution in [3.63, 3.8) is 0 Å². The minimum absolute atomic E-state index is 0. The van der Waals surface area contributed by atoms with Gasteiger partial charge in [-0.3, -0.25) is 14.6 Å². The van der Waals surface area contributed by atoms with E-state index in [4.69, 9.17) is 0 Å². The van der Waals surface area contributed by atoms with E-state index in [0.29, 0.717) is 19.5 Å². The first-order chi connectivity index (χ1) is 10.2. The number of nitrogens with zero attached hydrogens (tertiary/aromatic N) is 2. The second-order valence-corrected chi connectivity index (χ2v) is 5.12. The minimum Gasteiger partial charge on any atom is -0.347 e. The van der Waals surface area contributed by atoms with Gasteiger partial charge >= 0.3 is 0 Å². The monoisotopic (exact) mass is 326 g/mol. The smallest absolute Gasteiger partial charge is 0.242 e. The largest absolute Gasteiger partial charge is 0.347 e. The first-order valence-corrected chi connectivity index (χ1v) is 7.39. The number of hydrogen-bond donors (Lipinski definition) is 2. The first-order valence-electron chi connectivity index (χ1n) is 7.39. The Balaban J connectivity index is 0.00000242. The van der Waals surface area contributed by atoms with Gasteiger partial charge < -0.3 is 15.5 Å². The fraction of sp³-hybridized carbons (Fsp3) is 0.533. The Morgan fingerprint density at radius 2 is 2.32 bits per heavy atom. The molecule has 0 bridgehead atoms. The lowest BCUT2D eigenvalue weighted by Gasteiger charge is -2.36. The summed E-state index contributed by atoms with van der Waals surface area (Å²) in [5.74, 6) is -0.117. The SMILES string of the molecule is CCCC(=O)NCC(=O)N1CCNCC1c1cccnc1.Cl. The highest BCUT2D eigenvalue weighted by Crippen LogP contribution is 2.21. The summed E-state index contributed by atoms with van der Waals surface area (Å²) in [6, 6.07) is 3.82. The average molecular weight is 327 g/mol. The molecule has 1 saturated heterocycles. The van der Waals surface area contributed by atoms with Crippen LogP contribution in [0.3, 0.4) is 0 Å². The van der Waals surface area contributed by atoms with Gasteiger partial charge in [0.05, 0.1) is 12.6 Å². The van der Waals surface area contributed by atoms with E-state index in [0.717, 1.165) is 18.5 Å². The number of halogens is 1. The van der Waals surface area contributed by atoms with E-state index in [-0.39, 0.29) is 36.8 Å². The third-order valence-corrected chi connectivity index (χ3v) is 3.55. The number of rotatable bonds is 5. The van der Waals surface area contributed by atoms with Crippen molar-refractivity contribution in [3.8, 4) is 0 Å². The van der Waals surface area contributed by atoms with Crippen LogP contribution in [0.1, 0.15) is 31.4 Å². The van der Waals surface area contributed by atoms with E-state index in [1.54, 1.807) is 12.4 Å². The molecule has 1 aromatic rings. The molecular formula is C15H23ClN4O2. The van der Waals surface area contributed by atoms with Crippen LogP contribution in [0.15, 0.2) is 24.5 Å². The molecule has 1 aliphatic rings. The molecule has 2 amide bonds. The lowest BCUT2D eigenvalue weighted by Crippen LogP contribution is -2.51. The highest BCUT2D eigenvalue weighted by atomic mass is 35.5. The molecule has 22 heavy (non-hydrogen) atoms. The average Bonchev–Trinajstić information content (AvgIpc) is 2.54. The van der Waals surface area contributed by atoms with Crippen molar-refractivity contribution in [1.29, 1.82) is 0 Å². The Hall–Kier alpha value is -1.66. The normalized spacial score (nSPS) is 17.5. The van der Waals surface area contributed by atoms with Crippen molar-refractivity contribution < 1.29 is 9.59 Å². The van der Waals surface area contributed by atoms with Crippen molar-refractivity contribution in [1.82, 2.24) is 20.5 Å². The van der Waals surface area contributed by atoms with Gasteiger partial charge in [0.2, 0.25) is 11.8 Å². The Morgan fingerprint density at radius 1 is 1.50 bits per heavy atom. The number of hydrogen-bond acceptors (Lipinski definition) is 4. The number of pyridine rings is 1. The lowest BCUT2D eigenvalue weighted by atomic mass is 10.1. The molecule has 1 aliphatic heterocycles. The summed E-state index contributed by atoms with van der Waals surface area (Å²) in [7, 11) is 0. The van der Waals surface area contributed by atoms with Crippen molar-refractivity contribution in [2.75, 3.05) is 26.2 Å². The summed E-state index contributed by atoms with van der Waals surface area (Å²) in [4.78, 5) is 29.8. The fourth-order valence-electron chi connectivity index (χ4n) is 2.46. The van der Waals surface area contributed by atoms with Crippen molar-refractivity contribution >= 4 is 24.2 Å². The molecule has 1 unspecified atom stereocenters. The Kier molecular flexibility index (Phi) is 7.84. The molecule has 0 saturated carbocycles. The van der Waals surface area contributed by atoms with Crippen LogP contribution in [-0.4, -0.2) is 47.9 Å². The summed E-state index contributed by atoms with van der Waals surface area (Å²) in [5, 5.41) is 5.98. The van der Waals surface area contributed by atoms with E-state index in [9.17, 15) is 9.59 Å². The molecule has 2 heterocycles. The molecule has 2 rings (SSSR count). The van der Waals surface area contributed by atoms with Crippen molar-refractivity contribution in [2.24, 2.45) is 0 Å². The van der Waals surface area contributed by atoms with Crippen LogP contribution in [0.5, 0.6) is 0 Å².